The minimum atomic E-state index is -0.0559. The molecule has 0 radical (unpaired) electrons. The van der Waals surface area contributed by atoms with E-state index in [1.54, 1.807) is 11.3 Å². The maximum absolute atomic E-state index is 12.1. The van der Waals surface area contributed by atoms with Crippen molar-refractivity contribution in [3.05, 3.63) is 34.7 Å². The van der Waals surface area contributed by atoms with Gasteiger partial charge in [0.25, 0.3) is 0 Å². The van der Waals surface area contributed by atoms with Gasteiger partial charge in [0, 0.05) is 16.6 Å². The highest BCUT2D eigenvalue weighted by atomic mass is 32.1. The number of carbonyl (C=O) groups is 1. The molecule has 3 rings (SSSR count). The van der Waals surface area contributed by atoms with Crippen LogP contribution in [0.3, 0.4) is 0 Å². The van der Waals surface area contributed by atoms with Gasteiger partial charge in [-0.15, -0.1) is 11.3 Å². The van der Waals surface area contributed by atoms with Gasteiger partial charge in [-0.1, -0.05) is 18.6 Å². The van der Waals surface area contributed by atoms with Gasteiger partial charge in [0.1, 0.15) is 0 Å². The summed E-state index contributed by atoms with van der Waals surface area (Å²) in [7, 11) is 0. The minimum absolute atomic E-state index is 0.0559. The van der Waals surface area contributed by atoms with E-state index in [2.05, 4.69) is 21.0 Å². The van der Waals surface area contributed by atoms with Crippen LogP contribution >= 0.6 is 11.3 Å². The molecule has 1 aromatic heterocycles. The molecule has 2 heterocycles. The number of rotatable bonds is 3. The van der Waals surface area contributed by atoms with Crippen LogP contribution in [0.15, 0.2) is 29.6 Å². The highest BCUT2D eigenvalue weighted by molar-refractivity contribution is 7.09. The standard InChI is InChI=1S/C16H19N3OS/c1-11-18-15(10-21-11)12-5-7-13(8-6-12)19-16(20)14-4-2-3-9-17-14/h5-8,10,14,17H,2-4,9H2,1H3,(H,19,20)/t14-/m1/s1. The first kappa shape index (κ1) is 14.2. The molecule has 0 bridgehead atoms. The molecule has 2 aromatic rings. The van der Waals surface area contributed by atoms with Crippen molar-refractivity contribution in [3.63, 3.8) is 0 Å². The zero-order chi connectivity index (χ0) is 14.7. The van der Waals surface area contributed by atoms with Gasteiger partial charge in [0.05, 0.1) is 16.7 Å². The summed E-state index contributed by atoms with van der Waals surface area (Å²) in [5, 5.41) is 9.35. The summed E-state index contributed by atoms with van der Waals surface area (Å²) in [5.41, 5.74) is 2.90. The van der Waals surface area contributed by atoms with Gasteiger partial charge in [-0.25, -0.2) is 4.98 Å². The van der Waals surface area contributed by atoms with E-state index in [9.17, 15) is 4.79 Å². The molecule has 21 heavy (non-hydrogen) atoms. The number of piperidine rings is 1. The number of amides is 1. The number of hydrogen-bond donors (Lipinski definition) is 2. The second-order valence-corrected chi connectivity index (χ2v) is 6.38. The number of nitrogens with one attached hydrogen (secondary N) is 2. The zero-order valence-electron chi connectivity index (χ0n) is 12.1. The van der Waals surface area contributed by atoms with Crippen LogP contribution in [0, 0.1) is 6.92 Å². The topological polar surface area (TPSA) is 54.0 Å². The lowest BCUT2D eigenvalue weighted by Gasteiger charge is -2.22. The molecule has 4 nitrogen and oxygen atoms in total. The Morgan fingerprint density at radius 1 is 1.33 bits per heavy atom. The number of thiazole rings is 1. The van der Waals surface area contributed by atoms with Crippen LogP contribution in [0.4, 0.5) is 5.69 Å². The molecule has 0 unspecified atom stereocenters. The van der Waals surface area contributed by atoms with Crippen LogP contribution in [0.2, 0.25) is 0 Å². The van der Waals surface area contributed by atoms with Crippen molar-refractivity contribution in [1.82, 2.24) is 10.3 Å². The fraction of sp³-hybridized carbons (Fsp3) is 0.375. The summed E-state index contributed by atoms with van der Waals surface area (Å²) in [6.07, 6.45) is 3.20. The molecule has 1 amide bonds. The predicted molar refractivity (Wildman–Crippen MR) is 86.6 cm³/mol. The zero-order valence-corrected chi connectivity index (χ0v) is 12.9. The molecule has 5 heteroatoms. The third-order valence-corrected chi connectivity index (χ3v) is 4.47. The molecule has 110 valence electrons. The number of hydrogen-bond acceptors (Lipinski definition) is 4. The van der Waals surface area contributed by atoms with E-state index in [1.165, 1.54) is 0 Å². The molecule has 1 aromatic carbocycles. The Balaban J connectivity index is 1.65. The van der Waals surface area contributed by atoms with Crippen LogP contribution in [0.1, 0.15) is 24.3 Å². The first-order valence-corrected chi connectivity index (χ1v) is 8.17. The first-order chi connectivity index (χ1) is 10.2. The summed E-state index contributed by atoms with van der Waals surface area (Å²) >= 11 is 1.64. The summed E-state index contributed by atoms with van der Waals surface area (Å²) in [6.45, 7) is 2.93. The third kappa shape index (κ3) is 3.49. The molecule has 1 fully saturated rings. The summed E-state index contributed by atoms with van der Waals surface area (Å²) in [5.74, 6) is 0.0620. The van der Waals surface area contributed by atoms with E-state index in [-0.39, 0.29) is 11.9 Å². The van der Waals surface area contributed by atoms with Crippen molar-refractivity contribution >= 4 is 22.9 Å². The largest absolute Gasteiger partial charge is 0.325 e. The quantitative estimate of drug-likeness (QED) is 0.915. The average Bonchev–Trinajstić information content (AvgIpc) is 2.95. The molecule has 1 atom stereocenters. The Kier molecular flexibility index (Phi) is 4.31. The fourth-order valence-electron chi connectivity index (χ4n) is 2.53. The smallest absolute Gasteiger partial charge is 0.241 e. The molecule has 0 saturated carbocycles. The molecule has 0 aliphatic carbocycles. The molecule has 1 saturated heterocycles. The first-order valence-electron chi connectivity index (χ1n) is 7.29. The lowest BCUT2D eigenvalue weighted by Crippen LogP contribution is -2.43. The maximum Gasteiger partial charge on any atom is 0.241 e. The molecular weight excluding hydrogens is 282 g/mol. The maximum atomic E-state index is 12.1. The summed E-state index contributed by atoms with van der Waals surface area (Å²) in [6, 6.07) is 7.81. The Morgan fingerprint density at radius 3 is 2.76 bits per heavy atom. The highest BCUT2D eigenvalue weighted by Gasteiger charge is 2.20. The van der Waals surface area contributed by atoms with Crippen LogP contribution in [-0.4, -0.2) is 23.5 Å². The number of anilines is 1. The molecule has 2 N–H and O–H groups in total. The molecular formula is C16H19N3OS. The van der Waals surface area contributed by atoms with Crippen molar-refractivity contribution in [2.75, 3.05) is 11.9 Å². The van der Waals surface area contributed by atoms with Crippen LogP contribution in [-0.2, 0) is 4.79 Å². The monoisotopic (exact) mass is 301 g/mol. The number of benzene rings is 1. The van der Waals surface area contributed by atoms with Gasteiger partial charge in [-0.05, 0) is 38.4 Å². The van der Waals surface area contributed by atoms with E-state index in [0.717, 1.165) is 47.8 Å². The van der Waals surface area contributed by atoms with E-state index in [0.29, 0.717) is 0 Å². The predicted octanol–water partition coefficient (Wildman–Crippen LogP) is 3.20. The van der Waals surface area contributed by atoms with Crippen LogP contribution < -0.4 is 10.6 Å². The van der Waals surface area contributed by atoms with Gasteiger partial charge in [-0.3, -0.25) is 4.79 Å². The average molecular weight is 301 g/mol. The normalized spacial score (nSPS) is 18.4. The van der Waals surface area contributed by atoms with Crippen molar-refractivity contribution in [1.29, 1.82) is 0 Å². The second-order valence-electron chi connectivity index (χ2n) is 5.32. The van der Waals surface area contributed by atoms with Crippen molar-refractivity contribution < 1.29 is 4.79 Å². The molecule has 1 aliphatic heterocycles. The number of carbonyl (C=O) groups excluding carboxylic acids is 1. The summed E-state index contributed by atoms with van der Waals surface area (Å²) < 4.78 is 0. The van der Waals surface area contributed by atoms with Crippen LogP contribution in [0.25, 0.3) is 11.3 Å². The number of nitrogens with zero attached hydrogens (tertiary/aromatic N) is 1. The van der Waals surface area contributed by atoms with E-state index < -0.39 is 0 Å². The van der Waals surface area contributed by atoms with Gasteiger partial charge in [0.2, 0.25) is 5.91 Å². The SMILES string of the molecule is Cc1nc(-c2ccc(NC(=O)[C@H]3CCCCN3)cc2)cs1. The van der Waals surface area contributed by atoms with E-state index in [4.69, 9.17) is 0 Å². The van der Waals surface area contributed by atoms with Crippen molar-refractivity contribution in [2.24, 2.45) is 0 Å². The lowest BCUT2D eigenvalue weighted by atomic mass is 10.0. The Morgan fingerprint density at radius 2 is 2.14 bits per heavy atom. The van der Waals surface area contributed by atoms with E-state index >= 15 is 0 Å². The van der Waals surface area contributed by atoms with Crippen LogP contribution in [0.5, 0.6) is 0 Å². The van der Waals surface area contributed by atoms with Gasteiger partial charge in [0.15, 0.2) is 0 Å². The van der Waals surface area contributed by atoms with E-state index in [1.807, 2.05) is 31.2 Å². The Labute approximate surface area is 128 Å². The lowest BCUT2D eigenvalue weighted by molar-refractivity contribution is -0.118. The van der Waals surface area contributed by atoms with Gasteiger partial charge >= 0.3 is 0 Å². The second kappa shape index (κ2) is 6.37. The Bertz CT molecular complexity index is 615. The fourth-order valence-corrected chi connectivity index (χ4v) is 3.15. The van der Waals surface area contributed by atoms with Crippen molar-refractivity contribution in [3.8, 4) is 11.3 Å². The number of aryl methyl sites for hydroxylation is 1. The van der Waals surface area contributed by atoms with Gasteiger partial charge in [-0.2, -0.15) is 0 Å². The Hall–Kier alpha value is -1.72. The third-order valence-electron chi connectivity index (χ3n) is 3.69. The molecule has 0 spiro atoms. The number of aromatic nitrogens is 1. The van der Waals surface area contributed by atoms with Gasteiger partial charge < -0.3 is 10.6 Å². The van der Waals surface area contributed by atoms with Crippen molar-refractivity contribution in [2.45, 2.75) is 32.2 Å². The minimum Gasteiger partial charge on any atom is -0.325 e. The summed E-state index contributed by atoms with van der Waals surface area (Å²) in [4.78, 5) is 16.6. The highest BCUT2D eigenvalue weighted by Crippen LogP contribution is 2.23. The molecule has 1 aliphatic rings.